The molecular formula is C11H19N3O. The van der Waals surface area contributed by atoms with Gasteiger partial charge in [0, 0.05) is 24.9 Å². The van der Waals surface area contributed by atoms with Gasteiger partial charge in [0.15, 0.2) is 0 Å². The lowest BCUT2D eigenvalue weighted by molar-refractivity contribution is 0.0382. The Bertz CT molecular complexity index is 315. The standard InChI is InChI=1S/C11H19N3O/c1-2-14-8-10(7-13-14)6-11(12)4-3-5-15-9-11/h7-8H,2-6,9,12H2,1H3. The van der Waals surface area contributed by atoms with Crippen LogP contribution in [0.25, 0.3) is 0 Å². The Morgan fingerprint density at radius 1 is 1.67 bits per heavy atom. The lowest BCUT2D eigenvalue weighted by Crippen LogP contribution is -2.49. The third kappa shape index (κ3) is 2.58. The first-order chi connectivity index (χ1) is 7.22. The molecule has 2 rings (SSSR count). The van der Waals surface area contributed by atoms with E-state index in [-0.39, 0.29) is 5.54 Å². The Morgan fingerprint density at radius 2 is 2.53 bits per heavy atom. The van der Waals surface area contributed by atoms with Gasteiger partial charge in [-0.05, 0) is 31.7 Å². The van der Waals surface area contributed by atoms with Crippen molar-refractivity contribution in [2.24, 2.45) is 5.73 Å². The summed E-state index contributed by atoms with van der Waals surface area (Å²) < 4.78 is 7.37. The van der Waals surface area contributed by atoms with Crippen molar-refractivity contribution in [2.75, 3.05) is 13.2 Å². The molecule has 2 N–H and O–H groups in total. The number of nitrogens with zero attached hydrogens (tertiary/aromatic N) is 2. The fraction of sp³-hybridized carbons (Fsp3) is 0.727. The molecule has 1 aliphatic heterocycles. The molecule has 0 bridgehead atoms. The summed E-state index contributed by atoms with van der Waals surface area (Å²) in [5, 5.41) is 4.25. The van der Waals surface area contributed by atoms with Gasteiger partial charge in [-0.25, -0.2) is 0 Å². The Kier molecular flexibility index (Phi) is 3.07. The molecule has 0 aromatic carbocycles. The van der Waals surface area contributed by atoms with Gasteiger partial charge in [0.25, 0.3) is 0 Å². The van der Waals surface area contributed by atoms with Gasteiger partial charge in [-0.15, -0.1) is 0 Å². The second kappa shape index (κ2) is 4.33. The first kappa shape index (κ1) is 10.6. The molecule has 15 heavy (non-hydrogen) atoms. The van der Waals surface area contributed by atoms with Gasteiger partial charge in [-0.1, -0.05) is 0 Å². The highest BCUT2D eigenvalue weighted by molar-refractivity contribution is 5.10. The number of aromatic nitrogens is 2. The topological polar surface area (TPSA) is 53.1 Å². The number of rotatable bonds is 3. The van der Waals surface area contributed by atoms with Crippen LogP contribution in [0.15, 0.2) is 12.4 Å². The molecule has 1 fully saturated rings. The first-order valence-electron chi connectivity index (χ1n) is 5.60. The third-order valence-electron chi connectivity index (χ3n) is 2.92. The minimum absolute atomic E-state index is 0.181. The van der Waals surface area contributed by atoms with E-state index in [0.29, 0.717) is 6.61 Å². The molecule has 0 amide bonds. The molecule has 0 saturated carbocycles. The predicted molar refractivity (Wildman–Crippen MR) is 58.6 cm³/mol. The highest BCUT2D eigenvalue weighted by Gasteiger charge is 2.28. The largest absolute Gasteiger partial charge is 0.380 e. The number of nitrogens with two attached hydrogens (primary N) is 1. The number of hydrogen-bond acceptors (Lipinski definition) is 3. The van der Waals surface area contributed by atoms with Crippen molar-refractivity contribution in [2.45, 2.75) is 38.3 Å². The molecule has 1 aromatic rings. The second-order valence-electron chi connectivity index (χ2n) is 4.40. The van der Waals surface area contributed by atoms with E-state index >= 15 is 0 Å². The minimum atomic E-state index is -0.181. The molecule has 4 nitrogen and oxygen atoms in total. The molecule has 1 atom stereocenters. The summed E-state index contributed by atoms with van der Waals surface area (Å²) in [4.78, 5) is 0. The Hall–Kier alpha value is -0.870. The Balaban J connectivity index is 2.00. The average Bonchev–Trinajstić information content (AvgIpc) is 2.66. The molecule has 1 saturated heterocycles. The van der Waals surface area contributed by atoms with Crippen LogP contribution in [0.3, 0.4) is 0 Å². The van der Waals surface area contributed by atoms with E-state index in [0.717, 1.165) is 32.4 Å². The van der Waals surface area contributed by atoms with E-state index in [1.165, 1.54) is 5.56 Å². The molecule has 4 heteroatoms. The highest BCUT2D eigenvalue weighted by atomic mass is 16.5. The number of aryl methyl sites for hydroxylation is 1. The van der Waals surface area contributed by atoms with Crippen LogP contribution in [-0.4, -0.2) is 28.5 Å². The SMILES string of the molecule is CCn1cc(CC2(N)CCCOC2)cn1. The average molecular weight is 209 g/mol. The van der Waals surface area contributed by atoms with Gasteiger partial charge in [-0.3, -0.25) is 4.68 Å². The summed E-state index contributed by atoms with van der Waals surface area (Å²) in [5.74, 6) is 0. The molecule has 84 valence electrons. The zero-order chi connectivity index (χ0) is 10.7. The van der Waals surface area contributed by atoms with Gasteiger partial charge in [0.1, 0.15) is 0 Å². The summed E-state index contributed by atoms with van der Waals surface area (Å²) in [6.07, 6.45) is 6.96. The van der Waals surface area contributed by atoms with Crippen molar-refractivity contribution in [3.8, 4) is 0 Å². The van der Waals surface area contributed by atoms with Crippen LogP contribution in [0.5, 0.6) is 0 Å². The normalized spacial score (nSPS) is 26.8. The van der Waals surface area contributed by atoms with Crippen LogP contribution in [0, 0.1) is 0 Å². The summed E-state index contributed by atoms with van der Waals surface area (Å²) in [6, 6.07) is 0. The lowest BCUT2D eigenvalue weighted by Gasteiger charge is -2.32. The summed E-state index contributed by atoms with van der Waals surface area (Å²) in [5.41, 5.74) is 7.31. The van der Waals surface area contributed by atoms with E-state index in [9.17, 15) is 0 Å². The number of hydrogen-bond donors (Lipinski definition) is 1. The third-order valence-corrected chi connectivity index (χ3v) is 2.92. The Morgan fingerprint density at radius 3 is 3.13 bits per heavy atom. The van der Waals surface area contributed by atoms with Crippen molar-refractivity contribution < 1.29 is 4.74 Å². The first-order valence-corrected chi connectivity index (χ1v) is 5.60. The van der Waals surface area contributed by atoms with Gasteiger partial charge in [0.05, 0.1) is 12.8 Å². The van der Waals surface area contributed by atoms with Crippen LogP contribution in [0.2, 0.25) is 0 Å². The monoisotopic (exact) mass is 209 g/mol. The molecular weight excluding hydrogens is 190 g/mol. The fourth-order valence-corrected chi connectivity index (χ4v) is 2.09. The van der Waals surface area contributed by atoms with E-state index in [1.807, 2.05) is 10.9 Å². The zero-order valence-corrected chi connectivity index (χ0v) is 9.28. The van der Waals surface area contributed by atoms with Gasteiger partial charge in [-0.2, -0.15) is 5.10 Å². The maximum Gasteiger partial charge on any atom is 0.0649 e. The summed E-state index contributed by atoms with van der Waals surface area (Å²) in [6.45, 7) is 4.52. The fourth-order valence-electron chi connectivity index (χ4n) is 2.09. The molecule has 1 unspecified atom stereocenters. The van der Waals surface area contributed by atoms with Crippen LogP contribution in [0.4, 0.5) is 0 Å². The molecule has 0 aliphatic carbocycles. The van der Waals surface area contributed by atoms with Crippen LogP contribution >= 0.6 is 0 Å². The van der Waals surface area contributed by atoms with Crippen molar-refractivity contribution >= 4 is 0 Å². The van der Waals surface area contributed by atoms with Crippen molar-refractivity contribution in [1.29, 1.82) is 0 Å². The molecule has 1 aromatic heterocycles. The van der Waals surface area contributed by atoms with E-state index < -0.39 is 0 Å². The molecule has 1 aliphatic rings. The van der Waals surface area contributed by atoms with Crippen LogP contribution < -0.4 is 5.73 Å². The second-order valence-corrected chi connectivity index (χ2v) is 4.40. The smallest absolute Gasteiger partial charge is 0.0649 e. The van der Waals surface area contributed by atoms with E-state index in [2.05, 4.69) is 18.2 Å². The van der Waals surface area contributed by atoms with Crippen molar-refractivity contribution in [3.63, 3.8) is 0 Å². The van der Waals surface area contributed by atoms with Gasteiger partial charge >= 0.3 is 0 Å². The molecule has 2 heterocycles. The summed E-state index contributed by atoms with van der Waals surface area (Å²) in [7, 11) is 0. The number of ether oxygens (including phenoxy) is 1. The quantitative estimate of drug-likeness (QED) is 0.806. The van der Waals surface area contributed by atoms with Crippen molar-refractivity contribution in [3.05, 3.63) is 18.0 Å². The van der Waals surface area contributed by atoms with E-state index in [1.54, 1.807) is 0 Å². The maximum atomic E-state index is 6.28. The predicted octanol–water partition coefficient (Wildman–Crippen LogP) is 0.953. The van der Waals surface area contributed by atoms with Gasteiger partial charge in [0.2, 0.25) is 0 Å². The van der Waals surface area contributed by atoms with Crippen molar-refractivity contribution in [1.82, 2.24) is 9.78 Å². The molecule has 0 radical (unpaired) electrons. The van der Waals surface area contributed by atoms with Crippen LogP contribution in [0.1, 0.15) is 25.3 Å². The Labute approximate surface area is 90.4 Å². The minimum Gasteiger partial charge on any atom is -0.380 e. The van der Waals surface area contributed by atoms with Gasteiger partial charge < -0.3 is 10.5 Å². The van der Waals surface area contributed by atoms with Crippen LogP contribution in [-0.2, 0) is 17.7 Å². The molecule has 0 spiro atoms. The maximum absolute atomic E-state index is 6.28. The van der Waals surface area contributed by atoms with E-state index in [4.69, 9.17) is 10.5 Å². The zero-order valence-electron chi connectivity index (χ0n) is 9.28. The summed E-state index contributed by atoms with van der Waals surface area (Å²) >= 11 is 0. The highest BCUT2D eigenvalue weighted by Crippen LogP contribution is 2.20. The lowest BCUT2D eigenvalue weighted by atomic mass is 9.88.